The lowest BCUT2D eigenvalue weighted by molar-refractivity contribution is -0.140. The second-order valence-corrected chi connectivity index (χ2v) is 21.0. The predicted molar refractivity (Wildman–Crippen MR) is 192 cm³/mol. The molecule has 0 spiro atoms. The number of thiazole rings is 1. The van der Waals surface area contributed by atoms with Crippen molar-refractivity contribution in [2.45, 2.75) is 95.2 Å². The normalized spacial score (nSPS) is 17.3. The number of nitrogens with zero attached hydrogens (tertiary/aromatic N) is 1. The molecule has 3 heterocycles. The van der Waals surface area contributed by atoms with Gasteiger partial charge >= 0.3 is 6.18 Å². The summed E-state index contributed by atoms with van der Waals surface area (Å²) < 4.78 is 95.8. The largest absolute Gasteiger partial charge is 0.434 e. The highest BCUT2D eigenvalue weighted by atomic mass is 32.2. The van der Waals surface area contributed by atoms with Crippen molar-refractivity contribution in [2.24, 2.45) is 11.8 Å². The Hall–Kier alpha value is -2.60. The topological polar surface area (TPSA) is 158 Å². The zero-order valence-corrected chi connectivity index (χ0v) is 32.6. The van der Waals surface area contributed by atoms with Crippen LogP contribution in [0.2, 0.25) is 0 Å². The number of rotatable bonds is 10. The fourth-order valence-corrected chi connectivity index (χ4v) is 9.32. The molecule has 288 valence electrons. The van der Waals surface area contributed by atoms with Gasteiger partial charge in [0, 0.05) is 37.5 Å². The molecule has 1 aromatic heterocycles. The first-order valence-corrected chi connectivity index (χ1v) is 20.9. The molecule has 2 aliphatic heterocycles. The van der Waals surface area contributed by atoms with E-state index in [1.54, 1.807) is 6.07 Å². The summed E-state index contributed by atoms with van der Waals surface area (Å²) in [7, 11) is -7.40. The van der Waals surface area contributed by atoms with E-state index in [2.05, 4.69) is 36.4 Å². The minimum Gasteiger partial charge on any atom is -0.381 e. The molecule has 2 amide bonds. The van der Waals surface area contributed by atoms with Crippen molar-refractivity contribution >= 4 is 53.6 Å². The first-order chi connectivity index (χ1) is 23.4. The number of hydrogen-bond acceptors (Lipinski definition) is 10. The second kappa shape index (κ2) is 16.6. The zero-order valence-electron chi connectivity index (χ0n) is 30.2. The van der Waals surface area contributed by atoms with Crippen LogP contribution in [0.5, 0.6) is 0 Å². The van der Waals surface area contributed by atoms with Gasteiger partial charge in [0.15, 0.2) is 30.5 Å². The third kappa shape index (κ3) is 11.4. The Morgan fingerprint density at radius 3 is 1.65 bits per heavy atom. The van der Waals surface area contributed by atoms with E-state index < -0.39 is 52.9 Å². The molecule has 4 rings (SSSR count). The molecule has 2 aromatic rings. The maximum absolute atomic E-state index is 12.9. The third-order valence-electron chi connectivity index (χ3n) is 9.24. The Morgan fingerprint density at radius 2 is 1.24 bits per heavy atom. The van der Waals surface area contributed by atoms with Crippen LogP contribution < -0.4 is 10.6 Å². The van der Waals surface area contributed by atoms with Crippen LogP contribution in [0.15, 0.2) is 29.6 Å². The van der Waals surface area contributed by atoms with E-state index in [0.717, 1.165) is 23.8 Å². The van der Waals surface area contributed by atoms with Gasteiger partial charge in [-0.15, -0.1) is 11.3 Å². The fraction of sp³-hybridized carbons (Fsp3) is 0.676. The lowest BCUT2D eigenvalue weighted by atomic mass is 9.87. The molecule has 17 heteroatoms. The first-order valence-electron chi connectivity index (χ1n) is 16.7. The number of carbonyl (C=O) groups excluding carboxylic acids is 2. The number of sulfone groups is 2. The Balaban J connectivity index is 0.000000276. The van der Waals surface area contributed by atoms with E-state index in [-0.39, 0.29) is 33.9 Å². The van der Waals surface area contributed by atoms with Gasteiger partial charge in [0.25, 0.3) is 0 Å². The molecule has 0 atom stereocenters. The number of halogens is 3. The van der Waals surface area contributed by atoms with E-state index in [9.17, 15) is 39.6 Å². The molecule has 0 saturated carbocycles. The first kappa shape index (κ1) is 42.8. The quantitative estimate of drug-likeness (QED) is 0.284. The van der Waals surface area contributed by atoms with Crippen LogP contribution in [-0.4, -0.2) is 81.1 Å². The van der Waals surface area contributed by atoms with Crippen LogP contribution in [-0.2, 0) is 50.3 Å². The molecular formula is C34H50F3N3O8S3. The van der Waals surface area contributed by atoms with Crippen LogP contribution in [0.25, 0.3) is 0 Å². The van der Waals surface area contributed by atoms with E-state index >= 15 is 0 Å². The summed E-state index contributed by atoms with van der Waals surface area (Å²) in [5, 5.41) is 5.46. The molecule has 0 aliphatic carbocycles. The van der Waals surface area contributed by atoms with E-state index in [4.69, 9.17) is 9.47 Å². The number of amides is 2. The number of anilines is 2. The molecule has 2 saturated heterocycles. The molecule has 2 fully saturated rings. The Labute approximate surface area is 303 Å². The van der Waals surface area contributed by atoms with Gasteiger partial charge in [-0.25, -0.2) is 21.8 Å². The molecule has 11 nitrogen and oxygen atoms in total. The third-order valence-corrected chi connectivity index (χ3v) is 15.3. The van der Waals surface area contributed by atoms with Crippen molar-refractivity contribution in [3.63, 3.8) is 0 Å². The van der Waals surface area contributed by atoms with Crippen molar-refractivity contribution in [1.82, 2.24) is 4.98 Å². The molecular weight excluding hydrogens is 732 g/mol. The van der Waals surface area contributed by atoms with Crippen LogP contribution in [0, 0.1) is 11.8 Å². The number of aromatic nitrogens is 1. The van der Waals surface area contributed by atoms with Crippen LogP contribution in [0.3, 0.4) is 0 Å². The SMILES string of the molecule is CC(C)(C(=O)Nc1nc(C(F)(F)F)cs1)S(=O)(=O)CC1CCOCC1.CC(C)(C)c1cccc(NC(=O)C(C)(C)S(=O)(=O)CC2CCOCC2)c1. The highest BCUT2D eigenvalue weighted by Gasteiger charge is 2.44. The summed E-state index contributed by atoms with van der Waals surface area (Å²) in [5.41, 5.74) is 0.524. The van der Waals surface area contributed by atoms with Crippen molar-refractivity contribution in [3.05, 3.63) is 40.9 Å². The summed E-state index contributed by atoms with van der Waals surface area (Å²) in [4.78, 5) is 28.4. The lowest BCUT2D eigenvalue weighted by Gasteiger charge is -2.28. The smallest absolute Gasteiger partial charge is 0.381 e. The number of nitrogens with one attached hydrogen (secondary N) is 2. The van der Waals surface area contributed by atoms with Gasteiger partial charge in [-0.3, -0.25) is 9.59 Å². The number of alkyl halides is 3. The van der Waals surface area contributed by atoms with Crippen molar-refractivity contribution in [2.75, 3.05) is 48.6 Å². The van der Waals surface area contributed by atoms with Gasteiger partial charge < -0.3 is 20.1 Å². The van der Waals surface area contributed by atoms with Crippen LogP contribution in [0.4, 0.5) is 24.0 Å². The van der Waals surface area contributed by atoms with Crippen molar-refractivity contribution in [1.29, 1.82) is 0 Å². The number of hydrogen-bond donors (Lipinski definition) is 2. The summed E-state index contributed by atoms with van der Waals surface area (Å²) in [5.74, 6) is -1.56. The summed E-state index contributed by atoms with van der Waals surface area (Å²) in [6.45, 7) is 13.9. The van der Waals surface area contributed by atoms with Gasteiger partial charge in [0.2, 0.25) is 11.8 Å². The maximum atomic E-state index is 12.9. The second-order valence-electron chi connectivity index (χ2n) is 15.0. The Morgan fingerprint density at radius 1 is 0.784 bits per heavy atom. The zero-order chi connectivity index (χ0) is 38.5. The average Bonchev–Trinajstić information content (AvgIpc) is 3.51. The standard InChI is InChI=1S/C20H31NO4S.C14H19F3N2O4S2/c1-19(2,3)16-7-6-8-17(13-16)21-18(22)20(4,5)26(23,24)14-15-9-11-25-12-10-15;1-13(2,25(21,22)8-9-3-5-23-6-4-9)11(20)19-12-18-10(7-24-12)14(15,16)17/h6-8,13,15H,9-12,14H2,1-5H3,(H,21,22);7,9H,3-6,8H2,1-2H3,(H,18,19,20). The highest BCUT2D eigenvalue weighted by molar-refractivity contribution is 7.93. The van der Waals surface area contributed by atoms with Crippen LogP contribution in [0.1, 0.15) is 85.4 Å². The van der Waals surface area contributed by atoms with Gasteiger partial charge in [-0.1, -0.05) is 32.9 Å². The molecule has 51 heavy (non-hydrogen) atoms. The minimum atomic E-state index is -4.62. The maximum Gasteiger partial charge on any atom is 0.434 e. The van der Waals surface area contributed by atoms with Crippen molar-refractivity contribution in [3.8, 4) is 0 Å². The fourth-order valence-electron chi connectivity index (χ4n) is 5.20. The predicted octanol–water partition coefficient (Wildman–Crippen LogP) is 6.26. The van der Waals surface area contributed by atoms with Gasteiger partial charge in [-0.2, -0.15) is 13.2 Å². The lowest BCUT2D eigenvalue weighted by Crippen LogP contribution is -2.47. The minimum absolute atomic E-state index is 0.0266. The van der Waals surface area contributed by atoms with E-state index in [1.165, 1.54) is 27.7 Å². The number of ether oxygens (including phenoxy) is 2. The van der Waals surface area contributed by atoms with Crippen molar-refractivity contribution < 1.29 is 49.1 Å². The monoisotopic (exact) mass is 781 g/mol. The number of benzene rings is 1. The molecule has 2 aliphatic rings. The van der Waals surface area contributed by atoms with Crippen LogP contribution >= 0.6 is 11.3 Å². The van der Waals surface area contributed by atoms with E-state index in [1.807, 2.05) is 18.2 Å². The Kier molecular flexibility index (Phi) is 13.9. The average molecular weight is 782 g/mol. The molecule has 0 radical (unpaired) electrons. The molecule has 0 unspecified atom stereocenters. The molecule has 0 bridgehead atoms. The summed E-state index contributed by atoms with van der Waals surface area (Å²) >= 11 is 0.593. The van der Waals surface area contributed by atoms with E-state index in [0.29, 0.717) is 56.3 Å². The van der Waals surface area contributed by atoms with Gasteiger partial charge in [0.1, 0.15) is 9.49 Å². The van der Waals surface area contributed by atoms with Gasteiger partial charge in [0.05, 0.1) is 11.5 Å². The number of carbonyl (C=O) groups is 2. The highest BCUT2D eigenvalue weighted by Crippen LogP contribution is 2.33. The van der Waals surface area contributed by atoms with Gasteiger partial charge in [-0.05, 0) is 88.3 Å². The molecule has 2 N–H and O–H groups in total. The molecule has 1 aromatic carbocycles. The summed E-state index contributed by atoms with van der Waals surface area (Å²) in [6, 6.07) is 7.57. The summed E-state index contributed by atoms with van der Waals surface area (Å²) in [6.07, 6.45) is -1.98. The Bertz CT molecular complexity index is 1720.